The number of rotatable bonds is 6. The number of carbonyl (C=O) groups excluding carboxylic acids is 2. The van der Waals surface area contributed by atoms with E-state index >= 15 is 0 Å². The molecule has 3 rings (SSSR count). The molecule has 1 heterocycles. The zero-order chi connectivity index (χ0) is 18.5. The maximum Gasteiger partial charge on any atom is 0.266 e. The summed E-state index contributed by atoms with van der Waals surface area (Å²) in [6.45, 7) is 4.86. The highest BCUT2D eigenvalue weighted by Crippen LogP contribution is 2.31. The first-order valence-electron chi connectivity index (χ1n) is 8.61. The molecular weight excluding hydrogens is 332 g/mol. The molecule has 2 N–H and O–H groups in total. The first kappa shape index (κ1) is 17.8. The Labute approximate surface area is 152 Å². The van der Waals surface area contributed by atoms with Crippen molar-refractivity contribution in [3.8, 4) is 11.5 Å². The SMILES string of the molecule is CCOc1ccc(CNC(=O)CC2Oc3ccc(C)cc3NC2=O)cc1. The largest absolute Gasteiger partial charge is 0.494 e. The van der Waals surface area contributed by atoms with Crippen molar-refractivity contribution in [3.05, 3.63) is 53.6 Å². The van der Waals surface area contributed by atoms with Crippen molar-refractivity contribution in [1.82, 2.24) is 5.32 Å². The molecule has 0 spiro atoms. The first-order chi connectivity index (χ1) is 12.5. The van der Waals surface area contributed by atoms with Crippen LogP contribution in [0.3, 0.4) is 0 Å². The summed E-state index contributed by atoms with van der Waals surface area (Å²) in [5.74, 6) is 0.831. The van der Waals surface area contributed by atoms with E-state index in [2.05, 4.69) is 10.6 Å². The van der Waals surface area contributed by atoms with Gasteiger partial charge >= 0.3 is 0 Å². The average molecular weight is 354 g/mol. The Morgan fingerprint density at radius 2 is 2.00 bits per heavy atom. The highest BCUT2D eigenvalue weighted by atomic mass is 16.5. The number of ether oxygens (including phenoxy) is 2. The molecule has 26 heavy (non-hydrogen) atoms. The molecule has 0 aliphatic carbocycles. The molecule has 0 saturated carbocycles. The zero-order valence-corrected chi connectivity index (χ0v) is 14.9. The Morgan fingerprint density at radius 3 is 2.73 bits per heavy atom. The van der Waals surface area contributed by atoms with Crippen molar-refractivity contribution in [2.75, 3.05) is 11.9 Å². The lowest BCUT2D eigenvalue weighted by Gasteiger charge is -2.25. The first-order valence-corrected chi connectivity index (χ1v) is 8.61. The summed E-state index contributed by atoms with van der Waals surface area (Å²) >= 11 is 0. The van der Waals surface area contributed by atoms with E-state index in [-0.39, 0.29) is 18.2 Å². The molecular formula is C20H22N2O4. The highest BCUT2D eigenvalue weighted by Gasteiger charge is 2.29. The van der Waals surface area contributed by atoms with Gasteiger partial charge in [0, 0.05) is 6.54 Å². The summed E-state index contributed by atoms with van der Waals surface area (Å²) in [5, 5.41) is 5.60. The molecule has 1 aliphatic heterocycles. The highest BCUT2D eigenvalue weighted by molar-refractivity contribution is 6.00. The maximum absolute atomic E-state index is 12.2. The van der Waals surface area contributed by atoms with Gasteiger partial charge in [0.25, 0.3) is 5.91 Å². The summed E-state index contributed by atoms with van der Waals surface area (Å²) in [7, 11) is 0. The Hall–Kier alpha value is -3.02. The smallest absolute Gasteiger partial charge is 0.266 e. The number of aryl methyl sites for hydroxylation is 1. The Bertz CT molecular complexity index is 802. The molecule has 0 fully saturated rings. The lowest BCUT2D eigenvalue weighted by atomic mass is 10.1. The fraction of sp³-hybridized carbons (Fsp3) is 0.300. The minimum atomic E-state index is -0.828. The predicted octanol–water partition coefficient (Wildman–Crippen LogP) is 2.80. The van der Waals surface area contributed by atoms with E-state index in [1.54, 1.807) is 6.07 Å². The van der Waals surface area contributed by atoms with Crippen LogP contribution < -0.4 is 20.1 Å². The molecule has 2 aromatic rings. The third-order valence-electron chi connectivity index (χ3n) is 4.05. The van der Waals surface area contributed by atoms with Crippen LogP contribution in [0.25, 0.3) is 0 Å². The fourth-order valence-corrected chi connectivity index (χ4v) is 2.71. The summed E-state index contributed by atoms with van der Waals surface area (Å²) in [6.07, 6.45) is -0.860. The van der Waals surface area contributed by atoms with Gasteiger partial charge < -0.3 is 20.1 Å². The Morgan fingerprint density at radius 1 is 1.23 bits per heavy atom. The van der Waals surface area contributed by atoms with Crippen molar-refractivity contribution in [1.29, 1.82) is 0 Å². The van der Waals surface area contributed by atoms with Crippen LogP contribution in [-0.2, 0) is 16.1 Å². The van der Waals surface area contributed by atoms with Gasteiger partial charge in [0.2, 0.25) is 5.91 Å². The second-order valence-corrected chi connectivity index (χ2v) is 6.15. The molecule has 6 heteroatoms. The second kappa shape index (κ2) is 7.91. The van der Waals surface area contributed by atoms with E-state index in [1.807, 2.05) is 50.2 Å². The van der Waals surface area contributed by atoms with Gasteiger partial charge in [-0.05, 0) is 49.2 Å². The van der Waals surface area contributed by atoms with E-state index in [9.17, 15) is 9.59 Å². The van der Waals surface area contributed by atoms with Crippen LogP contribution in [0.1, 0.15) is 24.5 Å². The van der Waals surface area contributed by atoms with E-state index in [0.29, 0.717) is 24.6 Å². The van der Waals surface area contributed by atoms with Gasteiger partial charge in [0.05, 0.1) is 18.7 Å². The molecule has 0 bridgehead atoms. The Kier molecular flexibility index (Phi) is 5.41. The summed E-state index contributed by atoms with van der Waals surface area (Å²) in [6, 6.07) is 13.1. The predicted molar refractivity (Wildman–Crippen MR) is 98.3 cm³/mol. The number of hydrogen-bond donors (Lipinski definition) is 2. The number of hydrogen-bond acceptors (Lipinski definition) is 4. The van der Waals surface area contributed by atoms with Crippen molar-refractivity contribution in [2.24, 2.45) is 0 Å². The van der Waals surface area contributed by atoms with Gasteiger partial charge in [-0.15, -0.1) is 0 Å². The van der Waals surface area contributed by atoms with Crippen LogP contribution in [0.15, 0.2) is 42.5 Å². The number of nitrogens with one attached hydrogen (secondary N) is 2. The normalized spacial score (nSPS) is 15.5. The number of carbonyl (C=O) groups is 2. The molecule has 1 unspecified atom stereocenters. The fourth-order valence-electron chi connectivity index (χ4n) is 2.71. The number of amides is 2. The summed E-state index contributed by atoms with van der Waals surface area (Å²) in [4.78, 5) is 24.3. The van der Waals surface area contributed by atoms with Gasteiger partial charge in [-0.25, -0.2) is 0 Å². The molecule has 6 nitrogen and oxygen atoms in total. The van der Waals surface area contributed by atoms with Gasteiger partial charge in [0.15, 0.2) is 6.10 Å². The van der Waals surface area contributed by atoms with Crippen LogP contribution in [0.2, 0.25) is 0 Å². The standard InChI is InChI=1S/C20H22N2O4/c1-3-25-15-7-5-14(6-8-15)12-21-19(23)11-18-20(24)22-16-10-13(2)4-9-17(16)26-18/h4-10,18H,3,11-12H2,1-2H3,(H,21,23)(H,22,24). The minimum Gasteiger partial charge on any atom is -0.494 e. The average Bonchev–Trinajstić information content (AvgIpc) is 2.62. The molecule has 2 aromatic carbocycles. The van der Waals surface area contributed by atoms with E-state index in [1.165, 1.54) is 0 Å². The quantitative estimate of drug-likeness (QED) is 0.836. The number of benzene rings is 2. The second-order valence-electron chi connectivity index (χ2n) is 6.15. The summed E-state index contributed by atoms with van der Waals surface area (Å²) < 4.78 is 11.1. The van der Waals surface area contributed by atoms with Gasteiger partial charge in [-0.3, -0.25) is 9.59 Å². The third kappa shape index (κ3) is 4.33. The van der Waals surface area contributed by atoms with Crippen LogP contribution >= 0.6 is 0 Å². The number of fused-ring (bicyclic) bond motifs is 1. The van der Waals surface area contributed by atoms with Crippen molar-refractivity contribution in [2.45, 2.75) is 32.9 Å². The van der Waals surface area contributed by atoms with Crippen molar-refractivity contribution < 1.29 is 19.1 Å². The topological polar surface area (TPSA) is 76.7 Å². The summed E-state index contributed by atoms with van der Waals surface area (Å²) in [5.41, 5.74) is 2.62. The van der Waals surface area contributed by atoms with E-state index in [4.69, 9.17) is 9.47 Å². The minimum absolute atomic E-state index is 0.0316. The zero-order valence-electron chi connectivity index (χ0n) is 14.9. The van der Waals surface area contributed by atoms with Crippen LogP contribution in [0.5, 0.6) is 11.5 Å². The number of anilines is 1. The van der Waals surface area contributed by atoms with Crippen LogP contribution in [-0.4, -0.2) is 24.5 Å². The van der Waals surface area contributed by atoms with Gasteiger partial charge in [-0.2, -0.15) is 0 Å². The molecule has 1 aliphatic rings. The van der Waals surface area contributed by atoms with E-state index in [0.717, 1.165) is 16.9 Å². The van der Waals surface area contributed by atoms with Crippen LogP contribution in [0, 0.1) is 6.92 Å². The lowest BCUT2D eigenvalue weighted by molar-refractivity contribution is -0.130. The molecule has 136 valence electrons. The van der Waals surface area contributed by atoms with Gasteiger partial charge in [0.1, 0.15) is 11.5 Å². The molecule has 1 atom stereocenters. The molecule has 0 saturated heterocycles. The molecule has 2 amide bonds. The van der Waals surface area contributed by atoms with Crippen molar-refractivity contribution in [3.63, 3.8) is 0 Å². The van der Waals surface area contributed by atoms with Crippen molar-refractivity contribution >= 4 is 17.5 Å². The monoisotopic (exact) mass is 354 g/mol. The third-order valence-corrected chi connectivity index (χ3v) is 4.05. The molecule has 0 aromatic heterocycles. The van der Waals surface area contributed by atoms with Crippen LogP contribution in [0.4, 0.5) is 5.69 Å². The van der Waals surface area contributed by atoms with E-state index < -0.39 is 6.10 Å². The maximum atomic E-state index is 12.2. The lowest BCUT2D eigenvalue weighted by Crippen LogP contribution is -2.40. The Balaban J connectivity index is 1.53. The molecule has 0 radical (unpaired) electrons. The van der Waals surface area contributed by atoms with Gasteiger partial charge in [-0.1, -0.05) is 18.2 Å².